The van der Waals surface area contributed by atoms with Crippen molar-refractivity contribution in [1.82, 2.24) is 9.78 Å². The van der Waals surface area contributed by atoms with Crippen LogP contribution >= 0.6 is 0 Å². The zero-order valence-electron chi connectivity index (χ0n) is 8.38. The van der Waals surface area contributed by atoms with E-state index in [1.165, 1.54) is 0 Å². The quantitative estimate of drug-likeness (QED) is 0.774. The van der Waals surface area contributed by atoms with Crippen LogP contribution in [0.4, 0.5) is 0 Å². The van der Waals surface area contributed by atoms with Gasteiger partial charge >= 0.3 is 0 Å². The summed E-state index contributed by atoms with van der Waals surface area (Å²) in [6.45, 7) is 0.447. The molecule has 4 N–H and O–H groups in total. The Morgan fingerprint density at radius 1 is 1.33 bits per heavy atom. The van der Waals surface area contributed by atoms with Crippen LogP contribution in [0.3, 0.4) is 0 Å². The lowest BCUT2D eigenvalue weighted by atomic mass is 10.1. The van der Waals surface area contributed by atoms with E-state index in [1.807, 2.05) is 36.5 Å². The molecule has 0 unspecified atom stereocenters. The van der Waals surface area contributed by atoms with Crippen molar-refractivity contribution in [2.24, 2.45) is 11.5 Å². The van der Waals surface area contributed by atoms with Crippen molar-refractivity contribution in [3.63, 3.8) is 0 Å². The van der Waals surface area contributed by atoms with Gasteiger partial charge in [-0.15, -0.1) is 0 Å². The molecule has 1 atom stereocenters. The van der Waals surface area contributed by atoms with Crippen molar-refractivity contribution >= 4 is 0 Å². The van der Waals surface area contributed by atoms with E-state index in [0.29, 0.717) is 6.54 Å². The van der Waals surface area contributed by atoms with E-state index in [2.05, 4.69) is 5.10 Å². The molecule has 1 aromatic heterocycles. The maximum atomic E-state index is 5.86. The number of hydrogen-bond acceptors (Lipinski definition) is 3. The minimum absolute atomic E-state index is 0.111. The summed E-state index contributed by atoms with van der Waals surface area (Å²) >= 11 is 0. The van der Waals surface area contributed by atoms with Crippen LogP contribution in [0.1, 0.15) is 11.6 Å². The third-order valence-electron chi connectivity index (χ3n) is 2.32. The lowest BCUT2D eigenvalue weighted by molar-refractivity contribution is 0.734. The Labute approximate surface area is 88.5 Å². The van der Waals surface area contributed by atoms with Crippen molar-refractivity contribution in [1.29, 1.82) is 0 Å². The summed E-state index contributed by atoms with van der Waals surface area (Å²) in [6.07, 6.45) is 3.64. The molecule has 0 saturated heterocycles. The summed E-state index contributed by atoms with van der Waals surface area (Å²) in [6, 6.07) is 9.70. The van der Waals surface area contributed by atoms with Crippen LogP contribution in [0.15, 0.2) is 42.7 Å². The first-order valence-electron chi connectivity index (χ1n) is 4.87. The molecule has 0 aliphatic rings. The fraction of sp³-hybridized carbons (Fsp3) is 0.182. The largest absolute Gasteiger partial charge is 0.329 e. The molecule has 0 aliphatic carbocycles. The molecule has 15 heavy (non-hydrogen) atoms. The Bertz CT molecular complexity index is 422. The molecule has 78 valence electrons. The van der Waals surface area contributed by atoms with Crippen LogP contribution in [0.5, 0.6) is 0 Å². The summed E-state index contributed by atoms with van der Waals surface area (Å²) in [5.74, 6) is 0. The van der Waals surface area contributed by atoms with Gasteiger partial charge in [0.25, 0.3) is 0 Å². The first kappa shape index (κ1) is 9.89. The molecule has 0 saturated carbocycles. The Morgan fingerprint density at radius 2 is 2.20 bits per heavy atom. The smallest absolute Gasteiger partial charge is 0.0648 e. The Morgan fingerprint density at radius 3 is 2.87 bits per heavy atom. The maximum absolute atomic E-state index is 5.86. The normalized spacial score (nSPS) is 12.7. The molecule has 4 heteroatoms. The maximum Gasteiger partial charge on any atom is 0.0648 e. The number of rotatable bonds is 3. The summed E-state index contributed by atoms with van der Waals surface area (Å²) in [7, 11) is 0. The highest BCUT2D eigenvalue weighted by Gasteiger charge is 2.04. The fourth-order valence-electron chi connectivity index (χ4n) is 1.46. The summed E-state index contributed by atoms with van der Waals surface area (Å²) in [5.41, 5.74) is 13.4. The van der Waals surface area contributed by atoms with E-state index in [0.717, 1.165) is 11.3 Å². The average Bonchev–Trinajstić information content (AvgIpc) is 2.82. The van der Waals surface area contributed by atoms with Crippen molar-refractivity contribution in [3.05, 3.63) is 48.3 Å². The minimum Gasteiger partial charge on any atom is -0.329 e. The van der Waals surface area contributed by atoms with Gasteiger partial charge in [-0.25, -0.2) is 4.68 Å². The lowest BCUT2D eigenvalue weighted by Crippen LogP contribution is -2.20. The van der Waals surface area contributed by atoms with Gasteiger partial charge in [0.2, 0.25) is 0 Å². The molecule has 4 nitrogen and oxygen atoms in total. The third-order valence-corrected chi connectivity index (χ3v) is 2.32. The fourth-order valence-corrected chi connectivity index (χ4v) is 1.46. The second kappa shape index (κ2) is 4.25. The molecule has 0 spiro atoms. The summed E-state index contributed by atoms with van der Waals surface area (Å²) in [5, 5.41) is 4.16. The number of hydrogen-bond donors (Lipinski definition) is 2. The van der Waals surface area contributed by atoms with E-state index >= 15 is 0 Å². The standard InChI is InChI=1S/C11H14N4/c12-8-11(13)9-3-1-4-10(7-9)15-6-2-5-14-15/h1-7,11H,8,12-13H2/t11-/m1/s1. The Hall–Kier alpha value is -1.65. The van der Waals surface area contributed by atoms with Gasteiger partial charge in [-0.2, -0.15) is 5.10 Å². The van der Waals surface area contributed by atoms with E-state index in [4.69, 9.17) is 11.5 Å². The van der Waals surface area contributed by atoms with Crippen LogP contribution in [-0.4, -0.2) is 16.3 Å². The van der Waals surface area contributed by atoms with Crippen LogP contribution < -0.4 is 11.5 Å². The first-order valence-corrected chi connectivity index (χ1v) is 4.87. The summed E-state index contributed by atoms with van der Waals surface area (Å²) in [4.78, 5) is 0. The van der Waals surface area contributed by atoms with Crippen LogP contribution in [0.25, 0.3) is 5.69 Å². The number of nitrogens with zero attached hydrogens (tertiary/aromatic N) is 2. The van der Waals surface area contributed by atoms with Gasteiger partial charge in [-0.1, -0.05) is 12.1 Å². The third kappa shape index (κ3) is 2.06. The SMILES string of the molecule is NC[C@@H](N)c1cccc(-n2cccn2)c1. The molecular weight excluding hydrogens is 188 g/mol. The van der Waals surface area contributed by atoms with Crippen LogP contribution in [0, 0.1) is 0 Å². The topological polar surface area (TPSA) is 69.9 Å². The average molecular weight is 202 g/mol. The van der Waals surface area contributed by atoms with Crippen LogP contribution in [0.2, 0.25) is 0 Å². The molecule has 0 aliphatic heterocycles. The van der Waals surface area contributed by atoms with Gasteiger partial charge < -0.3 is 11.5 Å². The highest BCUT2D eigenvalue weighted by molar-refractivity contribution is 5.36. The Balaban J connectivity index is 2.35. The first-order chi connectivity index (χ1) is 7.31. The van der Waals surface area contributed by atoms with E-state index < -0.39 is 0 Å². The molecule has 1 heterocycles. The molecule has 0 bridgehead atoms. The van der Waals surface area contributed by atoms with Crippen molar-refractivity contribution < 1.29 is 0 Å². The molecule has 0 radical (unpaired) electrons. The number of nitrogens with two attached hydrogens (primary N) is 2. The zero-order chi connectivity index (χ0) is 10.7. The Kier molecular flexibility index (Phi) is 2.80. The van der Waals surface area contributed by atoms with E-state index in [-0.39, 0.29) is 6.04 Å². The second-order valence-corrected chi connectivity index (χ2v) is 3.39. The second-order valence-electron chi connectivity index (χ2n) is 3.39. The van der Waals surface area contributed by atoms with Crippen LogP contribution in [-0.2, 0) is 0 Å². The van der Waals surface area contributed by atoms with Gasteiger partial charge in [-0.3, -0.25) is 0 Å². The van der Waals surface area contributed by atoms with Crippen molar-refractivity contribution in [2.75, 3.05) is 6.54 Å². The van der Waals surface area contributed by atoms with Gasteiger partial charge in [0.15, 0.2) is 0 Å². The minimum atomic E-state index is -0.111. The zero-order valence-corrected chi connectivity index (χ0v) is 8.38. The van der Waals surface area contributed by atoms with Crippen molar-refractivity contribution in [2.45, 2.75) is 6.04 Å². The molecule has 0 amide bonds. The van der Waals surface area contributed by atoms with Gasteiger partial charge in [0.1, 0.15) is 0 Å². The number of benzene rings is 1. The monoisotopic (exact) mass is 202 g/mol. The van der Waals surface area contributed by atoms with Crippen molar-refractivity contribution in [3.8, 4) is 5.69 Å². The summed E-state index contributed by atoms with van der Waals surface area (Å²) < 4.78 is 1.80. The van der Waals surface area contributed by atoms with Gasteiger partial charge in [0, 0.05) is 25.0 Å². The highest BCUT2D eigenvalue weighted by Crippen LogP contribution is 2.14. The van der Waals surface area contributed by atoms with Gasteiger partial charge in [-0.05, 0) is 23.8 Å². The van der Waals surface area contributed by atoms with Gasteiger partial charge in [0.05, 0.1) is 5.69 Å². The molecular formula is C11H14N4. The lowest BCUT2D eigenvalue weighted by Gasteiger charge is -2.10. The molecule has 0 fully saturated rings. The predicted octanol–water partition coefficient (Wildman–Crippen LogP) is 0.831. The predicted molar refractivity (Wildman–Crippen MR) is 59.5 cm³/mol. The highest BCUT2D eigenvalue weighted by atomic mass is 15.3. The molecule has 2 aromatic rings. The van der Waals surface area contributed by atoms with E-state index in [9.17, 15) is 0 Å². The van der Waals surface area contributed by atoms with E-state index in [1.54, 1.807) is 10.9 Å². The molecule has 1 aromatic carbocycles. The number of aromatic nitrogens is 2. The molecule has 2 rings (SSSR count).